The molecule has 0 aromatic heterocycles. The Balaban J connectivity index is 1.65. The fraction of sp³-hybridized carbons (Fsp3) is 0.350. The molecular weight excluding hydrogens is 520 g/mol. The minimum Gasteiger partial charge on any atom is -0.305 e. The smallest absolute Gasteiger partial charge is 0.242 e. The van der Waals surface area contributed by atoms with Gasteiger partial charge in [-0.25, -0.2) is 13.1 Å². The highest BCUT2D eigenvalue weighted by Gasteiger charge is 2.35. The van der Waals surface area contributed by atoms with Crippen LogP contribution in [0.1, 0.15) is 12.0 Å². The topological polar surface area (TPSA) is 76.4 Å². The maximum absolute atomic E-state index is 12.9. The zero-order valence-electron chi connectivity index (χ0n) is 15.9. The normalized spacial score (nSPS) is 19.5. The van der Waals surface area contributed by atoms with E-state index in [4.69, 9.17) is 0 Å². The summed E-state index contributed by atoms with van der Waals surface area (Å²) in [5.74, 6) is 0. The predicted octanol–water partition coefficient (Wildman–Crippen LogP) is 3.55. The molecule has 2 atom stereocenters. The van der Waals surface area contributed by atoms with Gasteiger partial charge >= 0.3 is 0 Å². The molecule has 29 heavy (non-hydrogen) atoms. The standard InChI is InChI=1S/C20H22Br2N4O2S/c1-25(11-15-5-3-2-4-6-15)13-18-10-17(12-26(18)14-23)24-29(27,28)20-9-16(21)7-8-19(20)22/h2-9,17-18,24H,10-13H2,1H3. The zero-order chi connectivity index (χ0) is 21.0. The van der Waals surface area contributed by atoms with Crippen molar-refractivity contribution >= 4 is 41.9 Å². The molecule has 1 saturated heterocycles. The molecule has 2 aromatic carbocycles. The van der Waals surface area contributed by atoms with E-state index in [1.165, 1.54) is 5.56 Å². The summed E-state index contributed by atoms with van der Waals surface area (Å²) < 4.78 is 29.7. The fourth-order valence-corrected chi connectivity index (χ4v) is 6.33. The first-order valence-electron chi connectivity index (χ1n) is 9.14. The zero-order valence-corrected chi connectivity index (χ0v) is 19.9. The molecule has 0 bridgehead atoms. The second-order valence-corrected chi connectivity index (χ2v) is 10.7. The van der Waals surface area contributed by atoms with Crippen molar-refractivity contribution in [2.24, 2.45) is 0 Å². The highest BCUT2D eigenvalue weighted by Crippen LogP contribution is 2.27. The molecule has 3 rings (SSSR count). The van der Waals surface area contributed by atoms with Crippen molar-refractivity contribution in [3.8, 4) is 6.19 Å². The van der Waals surface area contributed by atoms with Crippen LogP contribution in [0.4, 0.5) is 0 Å². The number of sulfonamides is 1. The van der Waals surface area contributed by atoms with E-state index in [-0.39, 0.29) is 17.0 Å². The maximum Gasteiger partial charge on any atom is 0.242 e. The average molecular weight is 542 g/mol. The van der Waals surface area contributed by atoms with Crippen LogP contribution >= 0.6 is 31.9 Å². The summed E-state index contributed by atoms with van der Waals surface area (Å²) in [4.78, 5) is 4.01. The quantitative estimate of drug-likeness (QED) is 0.542. The molecule has 1 heterocycles. The van der Waals surface area contributed by atoms with Gasteiger partial charge in [0.2, 0.25) is 10.0 Å². The van der Waals surface area contributed by atoms with E-state index in [1.807, 2.05) is 25.2 Å². The van der Waals surface area contributed by atoms with Gasteiger partial charge in [0.25, 0.3) is 0 Å². The SMILES string of the molecule is CN(Cc1ccccc1)CC1CC(NS(=O)(=O)c2cc(Br)ccc2Br)CN1C#N. The summed E-state index contributed by atoms with van der Waals surface area (Å²) in [6.07, 6.45) is 2.80. The highest BCUT2D eigenvalue weighted by atomic mass is 79.9. The van der Waals surface area contributed by atoms with Crippen LogP contribution in [-0.4, -0.2) is 50.4 Å². The first-order chi connectivity index (χ1) is 13.8. The second-order valence-electron chi connectivity index (χ2n) is 7.22. The monoisotopic (exact) mass is 540 g/mol. The summed E-state index contributed by atoms with van der Waals surface area (Å²) >= 11 is 6.62. The third kappa shape index (κ3) is 5.80. The first-order valence-corrected chi connectivity index (χ1v) is 12.2. The van der Waals surface area contributed by atoms with Crippen molar-refractivity contribution in [1.29, 1.82) is 5.26 Å². The molecule has 1 aliphatic heterocycles. The van der Waals surface area contributed by atoms with E-state index in [9.17, 15) is 13.7 Å². The molecule has 2 unspecified atom stereocenters. The van der Waals surface area contributed by atoms with Gasteiger partial charge < -0.3 is 9.80 Å². The number of nitrogens with one attached hydrogen (secondary N) is 1. The summed E-state index contributed by atoms with van der Waals surface area (Å²) in [6.45, 7) is 1.82. The molecule has 1 fully saturated rings. The van der Waals surface area contributed by atoms with Gasteiger partial charge in [-0.05, 0) is 53.2 Å². The van der Waals surface area contributed by atoms with Gasteiger partial charge in [0.05, 0.1) is 10.9 Å². The first kappa shape index (κ1) is 22.2. The van der Waals surface area contributed by atoms with Gasteiger partial charge in [0.15, 0.2) is 6.19 Å². The van der Waals surface area contributed by atoms with Gasteiger partial charge in [0, 0.05) is 34.6 Å². The number of nitrogens with zero attached hydrogens (tertiary/aromatic N) is 3. The number of benzene rings is 2. The molecule has 0 spiro atoms. The van der Waals surface area contributed by atoms with Crippen LogP contribution in [0, 0.1) is 11.5 Å². The van der Waals surface area contributed by atoms with Crippen LogP contribution in [0.5, 0.6) is 0 Å². The summed E-state index contributed by atoms with van der Waals surface area (Å²) in [5.41, 5.74) is 1.20. The van der Waals surface area contributed by atoms with E-state index < -0.39 is 10.0 Å². The van der Waals surface area contributed by atoms with Gasteiger partial charge in [-0.3, -0.25) is 0 Å². The lowest BCUT2D eigenvalue weighted by atomic mass is 10.1. The summed E-state index contributed by atoms with van der Waals surface area (Å²) in [5, 5.41) is 9.52. The van der Waals surface area contributed by atoms with Crippen molar-refractivity contribution in [2.45, 2.75) is 29.9 Å². The van der Waals surface area contributed by atoms with E-state index in [0.29, 0.717) is 28.5 Å². The van der Waals surface area contributed by atoms with E-state index in [2.05, 4.69) is 59.8 Å². The number of likely N-dealkylation sites (tertiary alicyclic amines) is 1. The van der Waals surface area contributed by atoms with Crippen molar-refractivity contribution in [2.75, 3.05) is 20.1 Å². The Bertz CT molecular complexity index is 995. The second kappa shape index (κ2) is 9.58. The molecule has 1 aliphatic rings. The molecule has 0 aliphatic carbocycles. The number of rotatable bonds is 7. The van der Waals surface area contributed by atoms with Gasteiger partial charge in [-0.1, -0.05) is 46.3 Å². The average Bonchev–Trinajstić information content (AvgIpc) is 3.04. The summed E-state index contributed by atoms with van der Waals surface area (Å²) in [6, 6.07) is 14.8. The van der Waals surface area contributed by atoms with Crippen molar-refractivity contribution < 1.29 is 8.42 Å². The molecule has 1 N–H and O–H groups in total. The number of hydrogen-bond acceptors (Lipinski definition) is 5. The van der Waals surface area contributed by atoms with Gasteiger partial charge in [-0.2, -0.15) is 5.26 Å². The van der Waals surface area contributed by atoms with E-state index in [1.54, 1.807) is 23.1 Å². The molecule has 0 radical (unpaired) electrons. The van der Waals surface area contributed by atoms with E-state index >= 15 is 0 Å². The lowest BCUT2D eigenvalue weighted by molar-refractivity contribution is 0.237. The molecule has 9 heteroatoms. The maximum atomic E-state index is 12.9. The Hall–Kier alpha value is -1.44. The van der Waals surface area contributed by atoms with Crippen LogP contribution in [0.25, 0.3) is 0 Å². The van der Waals surface area contributed by atoms with Crippen LogP contribution in [-0.2, 0) is 16.6 Å². The number of likely N-dealkylation sites (N-methyl/N-ethyl adjacent to an activating group) is 1. The molecule has 0 saturated carbocycles. The van der Waals surface area contributed by atoms with Crippen molar-refractivity contribution in [3.63, 3.8) is 0 Å². The third-order valence-electron chi connectivity index (χ3n) is 4.87. The molecule has 154 valence electrons. The van der Waals surface area contributed by atoms with Gasteiger partial charge in [-0.15, -0.1) is 0 Å². The number of halogens is 2. The van der Waals surface area contributed by atoms with Crippen LogP contribution in [0.3, 0.4) is 0 Å². The lowest BCUT2D eigenvalue weighted by Gasteiger charge is -2.24. The van der Waals surface area contributed by atoms with Gasteiger partial charge in [0.1, 0.15) is 0 Å². The molecule has 6 nitrogen and oxygen atoms in total. The molecular formula is C20H22Br2N4O2S. The minimum atomic E-state index is -3.71. The largest absolute Gasteiger partial charge is 0.305 e. The van der Waals surface area contributed by atoms with Crippen molar-refractivity contribution in [3.05, 3.63) is 63.0 Å². The highest BCUT2D eigenvalue weighted by molar-refractivity contribution is 9.11. The third-order valence-corrected chi connectivity index (χ3v) is 7.87. The Labute approximate surface area is 188 Å². The molecule has 0 amide bonds. The van der Waals surface area contributed by atoms with E-state index in [0.717, 1.165) is 6.54 Å². The number of nitriles is 1. The Morgan fingerprint density at radius 2 is 1.97 bits per heavy atom. The summed E-state index contributed by atoms with van der Waals surface area (Å²) in [7, 11) is -1.69. The fourth-order valence-electron chi connectivity index (χ4n) is 3.58. The molecule has 2 aromatic rings. The van der Waals surface area contributed by atoms with Crippen LogP contribution < -0.4 is 4.72 Å². The van der Waals surface area contributed by atoms with Crippen molar-refractivity contribution in [1.82, 2.24) is 14.5 Å². The number of hydrogen-bond donors (Lipinski definition) is 1. The predicted molar refractivity (Wildman–Crippen MR) is 119 cm³/mol. The van der Waals surface area contributed by atoms with Crippen LogP contribution in [0.15, 0.2) is 62.4 Å². The van der Waals surface area contributed by atoms with Crippen LogP contribution in [0.2, 0.25) is 0 Å². The Kier molecular flexibility index (Phi) is 7.35. The Morgan fingerprint density at radius 1 is 1.24 bits per heavy atom. The minimum absolute atomic E-state index is 0.0348. The lowest BCUT2D eigenvalue weighted by Crippen LogP contribution is -2.36. The Morgan fingerprint density at radius 3 is 2.66 bits per heavy atom.